The molecule has 3 aromatic carbocycles. The van der Waals surface area contributed by atoms with Gasteiger partial charge in [0.2, 0.25) is 0 Å². The Morgan fingerprint density at radius 2 is 1.45 bits per heavy atom. The van der Waals surface area contributed by atoms with Gasteiger partial charge >= 0.3 is 11.9 Å². The first-order chi connectivity index (χ1) is 20.2. The Kier molecular flexibility index (Phi) is 10.1. The molecule has 0 radical (unpaired) electrons. The van der Waals surface area contributed by atoms with E-state index in [1.54, 1.807) is 35.8 Å². The van der Waals surface area contributed by atoms with Crippen LogP contribution in [-0.4, -0.2) is 39.9 Å². The highest BCUT2D eigenvalue weighted by Crippen LogP contribution is 2.32. The van der Waals surface area contributed by atoms with Crippen molar-refractivity contribution in [1.29, 1.82) is 0 Å². The molecule has 0 spiro atoms. The second-order valence-corrected chi connectivity index (χ2v) is 9.63. The monoisotopic (exact) mass is 575 g/mol. The van der Waals surface area contributed by atoms with Crippen molar-refractivity contribution in [3.05, 3.63) is 107 Å². The number of carbonyl (C=O) groups is 2. The summed E-state index contributed by atoms with van der Waals surface area (Å²) in [6.45, 7) is 2.13. The van der Waals surface area contributed by atoms with Crippen molar-refractivity contribution >= 4 is 35.0 Å². The van der Waals surface area contributed by atoms with Gasteiger partial charge in [-0.1, -0.05) is 24.3 Å². The van der Waals surface area contributed by atoms with Gasteiger partial charge in [-0.25, -0.2) is 8.78 Å². The Labute approximate surface area is 241 Å². The Morgan fingerprint density at radius 1 is 0.833 bits per heavy atom. The molecule has 0 bridgehead atoms. The van der Waals surface area contributed by atoms with Gasteiger partial charge in [0.15, 0.2) is 0 Å². The molecule has 0 unspecified atom stereocenters. The van der Waals surface area contributed by atoms with Gasteiger partial charge in [0.1, 0.15) is 42.9 Å². The number of halogens is 2. The molecule has 0 amide bonds. The highest BCUT2D eigenvalue weighted by atomic mass is 19.1. The van der Waals surface area contributed by atoms with Crippen LogP contribution in [0, 0.1) is 18.6 Å². The zero-order chi connectivity index (χ0) is 30.1. The minimum atomic E-state index is -1.03. The molecule has 9 heteroatoms. The van der Waals surface area contributed by atoms with E-state index >= 15 is 0 Å². The lowest BCUT2D eigenvalue weighted by molar-refractivity contribution is -0.138. The maximum Gasteiger partial charge on any atom is 0.323 e. The molecule has 0 fully saturated rings. The van der Waals surface area contributed by atoms with E-state index in [4.69, 9.17) is 14.6 Å². The first-order valence-electron chi connectivity index (χ1n) is 13.4. The number of aromatic nitrogens is 1. The first kappa shape index (κ1) is 30.0. The van der Waals surface area contributed by atoms with Crippen LogP contribution in [0.5, 0.6) is 11.5 Å². The predicted molar refractivity (Wildman–Crippen MR) is 157 cm³/mol. The summed E-state index contributed by atoms with van der Waals surface area (Å²) in [5.74, 6) is -1.50. The van der Waals surface area contributed by atoms with Crippen LogP contribution in [0.1, 0.15) is 35.2 Å². The zero-order valence-electron chi connectivity index (χ0n) is 23.1. The van der Waals surface area contributed by atoms with Gasteiger partial charge in [-0.15, -0.1) is 0 Å². The number of benzene rings is 3. The van der Waals surface area contributed by atoms with E-state index in [1.165, 1.54) is 24.3 Å². The fourth-order valence-corrected chi connectivity index (χ4v) is 4.69. The number of hydrogen-bond acceptors (Lipinski definition) is 4. The first-order valence-corrected chi connectivity index (χ1v) is 13.4. The summed E-state index contributed by atoms with van der Waals surface area (Å²) in [6.07, 6.45) is 7.89. The Balaban J connectivity index is 1.44. The molecule has 1 aromatic heterocycles. The van der Waals surface area contributed by atoms with Crippen molar-refractivity contribution in [2.24, 2.45) is 0 Å². The van der Waals surface area contributed by atoms with Crippen molar-refractivity contribution in [2.45, 2.75) is 32.7 Å². The number of carboxylic acids is 2. The molecule has 0 saturated carbocycles. The molecule has 0 aliphatic rings. The largest absolute Gasteiger partial charge is 0.490 e. The van der Waals surface area contributed by atoms with Crippen LogP contribution >= 0.6 is 0 Å². The molecule has 0 aliphatic heterocycles. The number of aliphatic carboxylic acids is 2. The standard InChI is InChI=1S/C33H31F2NO6/c1-22-29(5-4-6-31(37)38)30-20-26(35)19-24(33(30)36(22)21-32(39)40)10-7-23-8-13-27(14-9-23)41-17-2-3-18-42-28-15-11-25(34)12-16-28/h2-3,7-16,19-20H,4-6,17-18,21H2,1H3,(H,37,38)(H,39,40)/b3-2+,10-7?. The number of aryl methyl sites for hydroxylation is 1. The van der Waals surface area contributed by atoms with E-state index in [0.29, 0.717) is 59.7 Å². The lowest BCUT2D eigenvalue weighted by atomic mass is 10.0. The highest BCUT2D eigenvalue weighted by Gasteiger charge is 2.19. The van der Waals surface area contributed by atoms with Crippen LogP contribution in [0.2, 0.25) is 0 Å². The van der Waals surface area contributed by atoms with E-state index < -0.39 is 17.8 Å². The summed E-state index contributed by atoms with van der Waals surface area (Å²) in [7, 11) is 0. The lowest BCUT2D eigenvalue weighted by Crippen LogP contribution is -2.10. The van der Waals surface area contributed by atoms with Crippen LogP contribution in [0.3, 0.4) is 0 Å². The fraction of sp³-hybridized carbons (Fsp3) is 0.212. The van der Waals surface area contributed by atoms with Gasteiger partial charge in [-0.2, -0.15) is 0 Å². The zero-order valence-corrected chi connectivity index (χ0v) is 23.1. The molecule has 218 valence electrons. The second kappa shape index (κ2) is 14.1. The van der Waals surface area contributed by atoms with Gasteiger partial charge in [0.25, 0.3) is 0 Å². The van der Waals surface area contributed by atoms with Crippen LogP contribution < -0.4 is 9.47 Å². The van der Waals surface area contributed by atoms with Crippen molar-refractivity contribution in [1.82, 2.24) is 4.57 Å². The molecule has 7 nitrogen and oxygen atoms in total. The molecule has 4 aromatic rings. The van der Waals surface area contributed by atoms with E-state index in [-0.39, 0.29) is 18.8 Å². The molecule has 1 heterocycles. The molecule has 2 N–H and O–H groups in total. The minimum absolute atomic E-state index is 0.0327. The number of hydrogen-bond donors (Lipinski definition) is 2. The van der Waals surface area contributed by atoms with Gasteiger partial charge in [0.05, 0.1) is 5.52 Å². The maximum absolute atomic E-state index is 14.7. The number of fused-ring (bicyclic) bond motifs is 1. The van der Waals surface area contributed by atoms with Crippen LogP contribution in [0.15, 0.2) is 72.8 Å². The summed E-state index contributed by atoms with van der Waals surface area (Å²) in [5, 5.41) is 19.1. The van der Waals surface area contributed by atoms with Crippen molar-refractivity contribution in [3.63, 3.8) is 0 Å². The van der Waals surface area contributed by atoms with Gasteiger partial charge in [0, 0.05) is 23.1 Å². The topological polar surface area (TPSA) is 98.0 Å². The van der Waals surface area contributed by atoms with Gasteiger partial charge in [-0.05, 0) is 91.6 Å². The number of carboxylic acid groups (broad SMARTS) is 2. The third kappa shape index (κ3) is 8.06. The second-order valence-electron chi connectivity index (χ2n) is 9.63. The maximum atomic E-state index is 14.7. The Morgan fingerprint density at radius 3 is 2.05 bits per heavy atom. The smallest absolute Gasteiger partial charge is 0.323 e. The molecule has 0 saturated heterocycles. The third-order valence-corrected chi connectivity index (χ3v) is 6.66. The lowest BCUT2D eigenvalue weighted by Gasteiger charge is -2.08. The van der Waals surface area contributed by atoms with E-state index in [1.807, 2.05) is 36.4 Å². The number of rotatable bonds is 14. The molecule has 4 rings (SSSR count). The summed E-state index contributed by atoms with van der Waals surface area (Å²) in [6, 6.07) is 15.8. The van der Waals surface area contributed by atoms with Gasteiger partial charge in [-0.3, -0.25) is 9.59 Å². The van der Waals surface area contributed by atoms with Gasteiger partial charge < -0.3 is 24.3 Å². The fourth-order valence-electron chi connectivity index (χ4n) is 4.69. The van der Waals surface area contributed by atoms with E-state index in [9.17, 15) is 23.5 Å². The molecular formula is C33H31F2NO6. The summed E-state index contributed by atoms with van der Waals surface area (Å²) in [4.78, 5) is 22.6. The van der Waals surface area contributed by atoms with Crippen LogP contribution in [-0.2, 0) is 22.6 Å². The van der Waals surface area contributed by atoms with Crippen LogP contribution in [0.4, 0.5) is 8.78 Å². The van der Waals surface area contributed by atoms with Crippen molar-refractivity contribution in [2.75, 3.05) is 13.2 Å². The third-order valence-electron chi connectivity index (χ3n) is 6.66. The highest BCUT2D eigenvalue weighted by molar-refractivity contribution is 5.95. The SMILES string of the molecule is Cc1c(CCCC(=O)O)c2cc(F)cc(C=Cc3ccc(OC/C=C/COc4ccc(F)cc4)cc3)c2n1CC(=O)O. The molecule has 0 aliphatic carbocycles. The average Bonchev–Trinajstić information content (AvgIpc) is 3.20. The average molecular weight is 576 g/mol. The van der Waals surface area contributed by atoms with E-state index in [0.717, 1.165) is 11.1 Å². The van der Waals surface area contributed by atoms with E-state index in [2.05, 4.69) is 0 Å². The Hall–Kier alpha value is -4.92. The number of nitrogens with zero attached hydrogens (tertiary/aromatic N) is 1. The summed E-state index contributed by atoms with van der Waals surface area (Å²) >= 11 is 0. The normalized spacial score (nSPS) is 11.5. The molecular weight excluding hydrogens is 544 g/mol. The van der Waals surface area contributed by atoms with Crippen molar-refractivity contribution < 1.29 is 38.1 Å². The summed E-state index contributed by atoms with van der Waals surface area (Å²) in [5.41, 5.74) is 3.37. The number of ether oxygens (including phenoxy) is 2. The van der Waals surface area contributed by atoms with Crippen LogP contribution in [0.25, 0.3) is 23.1 Å². The predicted octanol–water partition coefficient (Wildman–Crippen LogP) is 6.90. The summed E-state index contributed by atoms with van der Waals surface area (Å²) < 4.78 is 40.5. The quantitative estimate of drug-likeness (QED) is 0.125. The van der Waals surface area contributed by atoms with Crippen molar-refractivity contribution in [3.8, 4) is 11.5 Å². The molecule has 0 atom stereocenters. The molecule has 42 heavy (non-hydrogen) atoms. The Bertz CT molecular complexity index is 1600. The minimum Gasteiger partial charge on any atom is -0.490 e.